The van der Waals surface area contributed by atoms with E-state index in [0.29, 0.717) is 4.47 Å². The average Bonchev–Trinajstić information content (AvgIpc) is 2.57. The predicted octanol–water partition coefficient (Wildman–Crippen LogP) is 3.93. The fourth-order valence-electron chi connectivity index (χ4n) is 2.31. The Labute approximate surface area is 125 Å². The van der Waals surface area contributed by atoms with Crippen LogP contribution in [0.4, 0.5) is 0 Å². The third kappa shape index (κ3) is 3.97. The van der Waals surface area contributed by atoms with Gasteiger partial charge in [0.25, 0.3) is 0 Å². The van der Waals surface area contributed by atoms with E-state index in [9.17, 15) is 9.90 Å². The van der Waals surface area contributed by atoms with Crippen LogP contribution in [0, 0.1) is 0 Å². The summed E-state index contributed by atoms with van der Waals surface area (Å²) in [5, 5.41) is 19.4. The molecule has 5 heteroatoms. The summed E-state index contributed by atoms with van der Waals surface area (Å²) in [6, 6.07) is 5.34. The van der Waals surface area contributed by atoms with Gasteiger partial charge in [-0.05, 0) is 47.0 Å². The van der Waals surface area contributed by atoms with Crippen molar-refractivity contribution in [2.45, 2.75) is 48.4 Å². The molecule has 0 saturated heterocycles. The molecule has 2 atom stereocenters. The van der Waals surface area contributed by atoms with Gasteiger partial charge in [-0.3, -0.25) is 0 Å². The molecule has 0 spiro atoms. The first-order chi connectivity index (χ1) is 9.08. The minimum absolute atomic E-state index is 0.172. The molecular formula is C14H17BrO3S. The number of aliphatic hydroxyl groups is 1. The normalized spacial score (nSPS) is 23.9. The van der Waals surface area contributed by atoms with Gasteiger partial charge in [-0.2, -0.15) is 0 Å². The first kappa shape index (κ1) is 14.9. The van der Waals surface area contributed by atoms with Crippen LogP contribution in [0.2, 0.25) is 0 Å². The maximum Gasteiger partial charge on any atom is 0.336 e. The van der Waals surface area contributed by atoms with E-state index in [1.165, 1.54) is 6.42 Å². The van der Waals surface area contributed by atoms with Crippen LogP contribution in [0.25, 0.3) is 0 Å². The van der Waals surface area contributed by atoms with Crippen molar-refractivity contribution in [2.24, 2.45) is 0 Å². The standard InChI is InChI=1S/C14H17BrO3S/c15-11-7-6-9(8-10(11)14(17)18)19-13-5-3-1-2-4-12(13)16/h6-8,12-13,16H,1-5H2,(H,17,18). The molecule has 1 aromatic carbocycles. The van der Waals surface area contributed by atoms with E-state index in [1.807, 2.05) is 6.07 Å². The van der Waals surface area contributed by atoms with Crippen LogP contribution in [0.3, 0.4) is 0 Å². The first-order valence-electron chi connectivity index (χ1n) is 6.45. The molecule has 0 heterocycles. The lowest BCUT2D eigenvalue weighted by Gasteiger charge is -2.20. The Balaban J connectivity index is 2.13. The van der Waals surface area contributed by atoms with E-state index in [-0.39, 0.29) is 16.9 Å². The summed E-state index contributed by atoms with van der Waals surface area (Å²) in [6.45, 7) is 0. The van der Waals surface area contributed by atoms with Gasteiger partial charge in [0.2, 0.25) is 0 Å². The van der Waals surface area contributed by atoms with Crippen molar-refractivity contribution in [1.82, 2.24) is 0 Å². The monoisotopic (exact) mass is 344 g/mol. The minimum Gasteiger partial charge on any atom is -0.478 e. The summed E-state index contributed by atoms with van der Waals surface area (Å²) in [4.78, 5) is 12.0. The van der Waals surface area contributed by atoms with Gasteiger partial charge in [0.05, 0.1) is 11.7 Å². The van der Waals surface area contributed by atoms with Gasteiger partial charge in [-0.25, -0.2) is 4.79 Å². The maximum atomic E-state index is 11.1. The molecule has 2 N–H and O–H groups in total. The molecule has 0 aliphatic heterocycles. The van der Waals surface area contributed by atoms with Gasteiger partial charge in [0.1, 0.15) is 0 Å². The van der Waals surface area contributed by atoms with Crippen molar-refractivity contribution >= 4 is 33.7 Å². The number of carboxylic acids is 1. The number of hydrogen-bond acceptors (Lipinski definition) is 3. The van der Waals surface area contributed by atoms with Crippen LogP contribution < -0.4 is 0 Å². The van der Waals surface area contributed by atoms with Crippen LogP contribution in [0.5, 0.6) is 0 Å². The molecule has 0 aromatic heterocycles. The zero-order valence-corrected chi connectivity index (χ0v) is 12.9. The van der Waals surface area contributed by atoms with Crippen molar-refractivity contribution in [2.75, 3.05) is 0 Å². The second-order valence-electron chi connectivity index (χ2n) is 4.81. The zero-order valence-electron chi connectivity index (χ0n) is 10.5. The highest BCUT2D eigenvalue weighted by molar-refractivity contribution is 9.10. The molecule has 1 aliphatic rings. The second-order valence-corrected chi connectivity index (χ2v) is 6.98. The number of carboxylic acid groups (broad SMARTS) is 1. The van der Waals surface area contributed by atoms with Gasteiger partial charge in [-0.15, -0.1) is 11.8 Å². The van der Waals surface area contributed by atoms with Gasteiger partial charge in [0, 0.05) is 14.6 Å². The molecule has 19 heavy (non-hydrogen) atoms. The Morgan fingerprint density at radius 2 is 2.00 bits per heavy atom. The van der Waals surface area contributed by atoms with Crippen molar-refractivity contribution in [3.05, 3.63) is 28.2 Å². The zero-order chi connectivity index (χ0) is 13.8. The highest BCUT2D eigenvalue weighted by atomic mass is 79.9. The molecule has 1 aliphatic carbocycles. The van der Waals surface area contributed by atoms with E-state index in [0.717, 1.165) is 30.6 Å². The van der Waals surface area contributed by atoms with Crippen LogP contribution in [0.15, 0.2) is 27.6 Å². The van der Waals surface area contributed by atoms with Gasteiger partial charge in [-0.1, -0.05) is 19.3 Å². The number of hydrogen-bond donors (Lipinski definition) is 2. The second kappa shape index (κ2) is 6.77. The highest BCUT2D eigenvalue weighted by Gasteiger charge is 2.23. The quantitative estimate of drug-likeness (QED) is 0.815. The summed E-state index contributed by atoms with van der Waals surface area (Å²) in [7, 11) is 0. The summed E-state index contributed by atoms with van der Waals surface area (Å²) in [5.41, 5.74) is 0.271. The van der Waals surface area contributed by atoms with E-state index in [1.54, 1.807) is 23.9 Å². The van der Waals surface area contributed by atoms with Gasteiger partial charge < -0.3 is 10.2 Å². The third-order valence-electron chi connectivity index (χ3n) is 3.37. The molecule has 3 nitrogen and oxygen atoms in total. The SMILES string of the molecule is O=C(O)c1cc(SC2CCCCCC2O)ccc1Br. The molecule has 0 radical (unpaired) electrons. The van der Waals surface area contributed by atoms with Crippen molar-refractivity contribution < 1.29 is 15.0 Å². The topological polar surface area (TPSA) is 57.5 Å². The number of halogens is 1. The lowest BCUT2D eigenvalue weighted by atomic mass is 10.1. The molecule has 0 amide bonds. The summed E-state index contributed by atoms with van der Waals surface area (Å²) >= 11 is 4.83. The van der Waals surface area contributed by atoms with E-state index in [2.05, 4.69) is 15.9 Å². The van der Waals surface area contributed by atoms with Crippen LogP contribution >= 0.6 is 27.7 Å². The molecule has 1 saturated carbocycles. The van der Waals surface area contributed by atoms with Crippen molar-refractivity contribution in [1.29, 1.82) is 0 Å². The Kier molecular flexibility index (Phi) is 5.30. The number of carbonyl (C=O) groups is 1. The number of rotatable bonds is 3. The molecular weight excluding hydrogens is 328 g/mol. The number of aromatic carboxylic acids is 1. The maximum absolute atomic E-state index is 11.1. The van der Waals surface area contributed by atoms with Crippen LogP contribution in [-0.4, -0.2) is 27.5 Å². The fourth-order valence-corrected chi connectivity index (χ4v) is 3.98. The Morgan fingerprint density at radius 1 is 1.26 bits per heavy atom. The van der Waals surface area contributed by atoms with Gasteiger partial charge in [0.15, 0.2) is 0 Å². The Morgan fingerprint density at radius 3 is 2.74 bits per heavy atom. The molecule has 1 fully saturated rings. The number of benzene rings is 1. The molecule has 0 bridgehead atoms. The van der Waals surface area contributed by atoms with E-state index in [4.69, 9.17) is 5.11 Å². The van der Waals surface area contributed by atoms with Crippen LogP contribution in [-0.2, 0) is 0 Å². The first-order valence-corrected chi connectivity index (χ1v) is 8.13. The van der Waals surface area contributed by atoms with Crippen molar-refractivity contribution in [3.63, 3.8) is 0 Å². The molecule has 2 rings (SSSR count). The lowest BCUT2D eigenvalue weighted by Crippen LogP contribution is -2.21. The summed E-state index contributed by atoms with van der Waals surface area (Å²) in [6.07, 6.45) is 4.94. The highest BCUT2D eigenvalue weighted by Crippen LogP contribution is 2.34. The minimum atomic E-state index is -0.935. The average molecular weight is 345 g/mol. The largest absolute Gasteiger partial charge is 0.478 e. The Hall–Kier alpha value is -0.520. The molecule has 2 unspecified atom stereocenters. The Bertz CT molecular complexity index is 464. The summed E-state index contributed by atoms with van der Waals surface area (Å²) < 4.78 is 0.589. The predicted molar refractivity (Wildman–Crippen MR) is 79.8 cm³/mol. The van der Waals surface area contributed by atoms with Crippen LogP contribution in [0.1, 0.15) is 42.5 Å². The lowest BCUT2D eigenvalue weighted by molar-refractivity contribution is 0.0695. The molecule has 104 valence electrons. The number of thioether (sulfide) groups is 1. The molecule has 1 aromatic rings. The van der Waals surface area contributed by atoms with Crippen molar-refractivity contribution in [3.8, 4) is 0 Å². The van der Waals surface area contributed by atoms with E-state index >= 15 is 0 Å². The fraction of sp³-hybridized carbons (Fsp3) is 0.500. The van der Waals surface area contributed by atoms with Gasteiger partial charge >= 0.3 is 5.97 Å². The number of aliphatic hydroxyl groups excluding tert-OH is 1. The smallest absolute Gasteiger partial charge is 0.336 e. The van der Waals surface area contributed by atoms with E-state index < -0.39 is 5.97 Å². The third-order valence-corrected chi connectivity index (χ3v) is 5.44. The summed E-state index contributed by atoms with van der Waals surface area (Å²) in [5.74, 6) is -0.935.